The molecule has 3 heteroatoms. The monoisotopic (exact) mass is 348 g/mol. The molecule has 1 aromatic rings. The molecule has 0 bridgehead atoms. The van der Waals surface area contributed by atoms with Crippen LogP contribution in [-0.2, 0) is 4.74 Å². The second-order valence-corrected chi connectivity index (χ2v) is 6.97. The molecule has 0 atom stereocenters. The van der Waals surface area contributed by atoms with E-state index >= 15 is 0 Å². The van der Waals surface area contributed by atoms with Gasteiger partial charge in [-0.25, -0.2) is 4.79 Å². The van der Waals surface area contributed by atoms with Crippen molar-refractivity contribution in [3.8, 4) is 0 Å². The number of carbonyl (C=O) groups excluding carboxylic acids is 1. The van der Waals surface area contributed by atoms with Crippen molar-refractivity contribution in [2.75, 3.05) is 13.2 Å². The summed E-state index contributed by atoms with van der Waals surface area (Å²) in [5, 5.41) is 8.60. The molecule has 1 aromatic carbocycles. The lowest BCUT2D eigenvalue weighted by Gasteiger charge is -2.27. The summed E-state index contributed by atoms with van der Waals surface area (Å²) in [5.41, 5.74) is 3.09. The Hall–Kier alpha value is -1.35. The number of esters is 1. The standard InChI is InChI=1S/C14H18O3.C8H18/c1-10-9-12(14(16)17-8-7-15)5-6-13(10)11-3-2-4-11;1-3-5-7-8-6-4-2/h5-6,9,11,15H,2-4,7-8H2,1H3;3-8H2,1-2H3. The fraction of sp³-hybridized carbons (Fsp3) is 0.682. The van der Waals surface area contributed by atoms with Gasteiger partial charge in [0.1, 0.15) is 6.61 Å². The van der Waals surface area contributed by atoms with Crippen LogP contribution in [0, 0.1) is 6.92 Å². The van der Waals surface area contributed by atoms with Crippen LogP contribution in [-0.4, -0.2) is 24.3 Å². The van der Waals surface area contributed by atoms with Crippen LogP contribution in [0.2, 0.25) is 0 Å². The molecule has 0 amide bonds. The lowest BCUT2D eigenvalue weighted by atomic mass is 9.78. The number of hydrogen-bond acceptors (Lipinski definition) is 3. The molecule has 1 aliphatic carbocycles. The average Bonchev–Trinajstić information content (AvgIpc) is 2.57. The molecule has 3 nitrogen and oxygen atoms in total. The number of unbranched alkanes of at least 4 members (excludes halogenated alkanes) is 5. The minimum atomic E-state index is -0.359. The van der Waals surface area contributed by atoms with Crippen molar-refractivity contribution in [2.45, 2.75) is 84.5 Å². The van der Waals surface area contributed by atoms with Crippen molar-refractivity contribution in [2.24, 2.45) is 0 Å². The van der Waals surface area contributed by atoms with E-state index in [-0.39, 0.29) is 19.2 Å². The first-order valence-corrected chi connectivity index (χ1v) is 10.0. The van der Waals surface area contributed by atoms with Crippen LogP contribution in [0.25, 0.3) is 0 Å². The highest BCUT2D eigenvalue weighted by atomic mass is 16.5. The van der Waals surface area contributed by atoms with Crippen molar-refractivity contribution < 1.29 is 14.6 Å². The molecule has 0 radical (unpaired) electrons. The first kappa shape index (κ1) is 21.7. The highest BCUT2D eigenvalue weighted by Crippen LogP contribution is 2.37. The van der Waals surface area contributed by atoms with E-state index in [0.29, 0.717) is 11.5 Å². The summed E-state index contributed by atoms with van der Waals surface area (Å²) in [5.74, 6) is 0.319. The van der Waals surface area contributed by atoms with Gasteiger partial charge in [0.05, 0.1) is 12.2 Å². The van der Waals surface area contributed by atoms with Crippen molar-refractivity contribution in [1.29, 1.82) is 0 Å². The summed E-state index contributed by atoms with van der Waals surface area (Å²) in [6, 6.07) is 5.74. The van der Waals surface area contributed by atoms with Crippen molar-refractivity contribution in [1.82, 2.24) is 0 Å². The summed E-state index contributed by atoms with van der Waals surface area (Å²) in [6.45, 7) is 6.47. The quantitative estimate of drug-likeness (QED) is 0.454. The number of benzene rings is 1. The number of hydrogen-bond donors (Lipinski definition) is 1. The normalized spacial score (nSPS) is 13.6. The third-order valence-corrected chi connectivity index (χ3v) is 4.83. The maximum atomic E-state index is 11.6. The van der Waals surface area contributed by atoms with Gasteiger partial charge in [-0.05, 0) is 48.9 Å². The molecular weight excluding hydrogens is 312 g/mol. The van der Waals surface area contributed by atoms with E-state index in [1.807, 2.05) is 25.1 Å². The third kappa shape index (κ3) is 8.04. The van der Waals surface area contributed by atoms with E-state index in [1.54, 1.807) is 0 Å². The molecule has 25 heavy (non-hydrogen) atoms. The predicted molar refractivity (Wildman–Crippen MR) is 104 cm³/mol. The molecule has 0 saturated heterocycles. The maximum Gasteiger partial charge on any atom is 0.338 e. The molecule has 1 aliphatic rings. The second kappa shape index (κ2) is 12.9. The molecular formula is C22H36O3. The number of carbonyl (C=O) groups is 1. The van der Waals surface area contributed by atoms with Crippen LogP contribution >= 0.6 is 0 Å². The fourth-order valence-electron chi connectivity index (χ4n) is 3.06. The van der Waals surface area contributed by atoms with Gasteiger partial charge in [0, 0.05) is 0 Å². The molecule has 142 valence electrons. The molecule has 1 N–H and O–H groups in total. The SMILES string of the molecule is CCCCCCCC.Cc1cc(C(=O)OCCO)ccc1C1CCC1. The summed E-state index contributed by atoms with van der Waals surface area (Å²) >= 11 is 0. The summed E-state index contributed by atoms with van der Waals surface area (Å²) in [7, 11) is 0. The molecule has 1 fully saturated rings. The smallest absolute Gasteiger partial charge is 0.338 e. The van der Waals surface area contributed by atoms with Crippen LogP contribution in [0.3, 0.4) is 0 Å². The van der Waals surface area contributed by atoms with Crippen LogP contribution in [0.4, 0.5) is 0 Å². The molecule has 0 unspecified atom stereocenters. The first-order chi connectivity index (χ1) is 12.1. The van der Waals surface area contributed by atoms with Crippen molar-refractivity contribution in [3.05, 3.63) is 34.9 Å². The van der Waals surface area contributed by atoms with Gasteiger partial charge in [-0.3, -0.25) is 0 Å². The summed E-state index contributed by atoms with van der Waals surface area (Å²) in [4.78, 5) is 11.6. The minimum absolute atomic E-state index is 0.0578. The van der Waals surface area contributed by atoms with Crippen LogP contribution in [0.1, 0.15) is 99.0 Å². The van der Waals surface area contributed by atoms with Crippen LogP contribution in [0.5, 0.6) is 0 Å². The highest BCUT2D eigenvalue weighted by molar-refractivity contribution is 5.89. The summed E-state index contributed by atoms with van der Waals surface area (Å²) < 4.78 is 4.88. The van der Waals surface area contributed by atoms with Gasteiger partial charge in [0.15, 0.2) is 0 Å². The van der Waals surface area contributed by atoms with Gasteiger partial charge in [-0.1, -0.05) is 64.9 Å². The Balaban J connectivity index is 0.000000333. The zero-order chi connectivity index (χ0) is 18.5. The van der Waals surface area contributed by atoms with E-state index in [0.717, 1.165) is 5.56 Å². The second-order valence-electron chi connectivity index (χ2n) is 6.97. The number of aryl methyl sites for hydroxylation is 1. The van der Waals surface area contributed by atoms with E-state index < -0.39 is 0 Å². The van der Waals surface area contributed by atoms with Gasteiger partial charge < -0.3 is 9.84 Å². The number of ether oxygens (including phenoxy) is 1. The van der Waals surface area contributed by atoms with Crippen molar-refractivity contribution >= 4 is 5.97 Å². The largest absolute Gasteiger partial charge is 0.460 e. The Kier molecular flexibility index (Phi) is 11.2. The van der Waals surface area contributed by atoms with Gasteiger partial charge in [-0.15, -0.1) is 0 Å². The molecule has 1 saturated carbocycles. The van der Waals surface area contributed by atoms with Gasteiger partial charge in [0.2, 0.25) is 0 Å². The first-order valence-electron chi connectivity index (χ1n) is 10.0. The molecule has 2 rings (SSSR count). The third-order valence-electron chi connectivity index (χ3n) is 4.83. The maximum absolute atomic E-state index is 11.6. The van der Waals surface area contributed by atoms with Crippen LogP contribution in [0.15, 0.2) is 18.2 Å². The van der Waals surface area contributed by atoms with E-state index in [2.05, 4.69) is 13.8 Å². The summed E-state index contributed by atoms with van der Waals surface area (Å²) in [6.07, 6.45) is 12.3. The highest BCUT2D eigenvalue weighted by Gasteiger charge is 2.21. The predicted octanol–water partition coefficient (Wildman–Crippen LogP) is 5.78. The molecule has 0 spiro atoms. The Labute approximate surface area is 153 Å². The van der Waals surface area contributed by atoms with Gasteiger partial charge in [0.25, 0.3) is 0 Å². The van der Waals surface area contributed by atoms with Gasteiger partial charge >= 0.3 is 5.97 Å². The van der Waals surface area contributed by atoms with Crippen LogP contribution < -0.4 is 0 Å². The molecule has 0 heterocycles. The number of aliphatic hydroxyl groups excluding tert-OH is 1. The fourth-order valence-corrected chi connectivity index (χ4v) is 3.06. The van der Waals surface area contributed by atoms with E-state index in [9.17, 15) is 4.79 Å². The van der Waals surface area contributed by atoms with E-state index in [1.165, 1.54) is 63.4 Å². The Morgan fingerprint density at radius 2 is 1.76 bits per heavy atom. The lowest BCUT2D eigenvalue weighted by molar-refractivity contribution is 0.0433. The molecule has 0 aliphatic heterocycles. The Bertz CT molecular complexity index is 486. The zero-order valence-electron chi connectivity index (χ0n) is 16.4. The number of rotatable bonds is 9. The number of aliphatic hydroxyl groups is 1. The Morgan fingerprint density at radius 1 is 1.12 bits per heavy atom. The van der Waals surface area contributed by atoms with Gasteiger partial charge in [-0.2, -0.15) is 0 Å². The topological polar surface area (TPSA) is 46.5 Å². The zero-order valence-corrected chi connectivity index (χ0v) is 16.4. The minimum Gasteiger partial charge on any atom is -0.460 e. The van der Waals surface area contributed by atoms with Crippen molar-refractivity contribution in [3.63, 3.8) is 0 Å². The Morgan fingerprint density at radius 3 is 2.20 bits per heavy atom. The lowest BCUT2D eigenvalue weighted by Crippen LogP contribution is -2.12. The molecule has 0 aromatic heterocycles. The van der Waals surface area contributed by atoms with E-state index in [4.69, 9.17) is 9.84 Å². The average molecular weight is 349 g/mol.